The highest BCUT2D eigenvalue weighted by atomic mass is 19.1. The van der Waals surface area contributed by atoms with Gasteiger partial charge in [0, 0.05) is 37.9 Å². The smallest absolute Gasteiger partial charge is 0.321 e. The summed E-state index contributed by atoms with van der Waals surface area (Å²) in [5.41, 5.74) is 0.617. The van der Waals surface area contributed by atoms with Crippen molar-refractivity contribution in [2.24, 2.45) is 0 Å². The van der Waals surface area contributed by atoms with Crippen molar-refractivity contribution in [3.05, 3.63) is 47.7 Å². The van der Waals surface area contributed by atoms with Gasteiger partial charge in [0.15, 0.2) is 0 Å². The molecule has 178 valence electrons. The number of benzene rings is 1. The van der Waals surface area contributed by atoms with Crippen molar-refractivity contribution in [3.63, 3.8) is 0 Å². The molecule has 0 radical (unpaired) electrons. The second kappa shape index (κ2) is 11.0. The quantitative estimate of drug-likeness (QED) is 0.590. The summed E-state index contributed by atoms with van der Waals surface area (Å²) >= 11 is 0. The van der Waals surface area contributed by atoms with Gasteiger partial charge in [-0.2, -0.15) is 0 Å². The Labute approximate surface area is 192 Å². The van der Waals surface area contributed by atoms with Crippen molar-refractivity contribution < 1.29 is 23.2 Å². The van der Waals surface area contributed by atoms with E-state index in [1.165, 1.54) is 30.5 Å². The fourth-order valence-electron chi connectivity index (χ4n) is 3.45. The zero-order chi connectivity index (χ0) is 24.0. The fraction of sp³-hybridized carbons (Fsp3) is 0.435. The second-order valence-electron chi connectivity index (χ2n) is 8.11. The Bertz CT molecular complexity index is 1000. The van der Waals surface area contributed by atoms with Crippen LogP contribution in [0.5, 0.6) is 0 Å². The number of furan rings is 1. The number of piperazine rings is 1. The first-order chi connectivity index (χ1) is 15.8. The lowest BCUT2D eigenvalue weighted by Gasteiger charge is -2.34. The molecule has 10 heteroatoms. The van der Waals surface area contributed by atoms with E-state index < -0.39 is 11.7 Å². The number of anilines is 2. The number of urea groups is 1. The zero-order valence-electron chi connectivity index (χ0n) is 19.1. The van der Waals surface area contributed by atoms with Gasteiger partial charge < -0.3 is 25.3 Å². The van der Waals surface area contributed by atoms with Gasteiger partial charge in [0.25, 0.3) is 5.91 Å². The van der Waals surface area contributed by atoms with Crippen LogP contribution in [0.2, 0.25) is 0 Å². The number of hydrogen-bond donors (Lipinski definition) is 3. The molecule has 33 heavy (non-hydrogen) atoms. The number of nitrogens with zero attached hydrogens (tertiary/aromatic N) is 2. The normalized spacial score (nSPS) is 15.1. The molecule has 0 spiro atoms. The van der Waals surface area contributed by atoms with Crippen LogP contribution < -0.4 is 16.0 Å². The summed E-state index contributed by atoms with van der Waals surface area (Å²) in [6.07, 6.45) is 2.26. The van der Waals surface area contributed by atoms with Crippen LogP contribution in [0.3, 0.4) is 0 Å². The number of amides is 4. The molecule has 3 N–H and O–H groups in total. The summed E-state index contributed by atoms with van der Waals surface area (Å²) in [4.78, 5) is 40.7. The number of carbonyl (C=O) groups excluding carboxylic acids is 3. The van der Waals surface area contributed by atoms with Crippen molar-refractivity contribution in [1.29, 1.82) is 0 Å². The molecule has 0 aliphatic carbocycles. The third kappa shape index (κ3) is 6.55. The third-order valence-electron chi connectivity index (χ3n) is 5.62. The fourth-order valence-corrected chi connectivity index (χ4v) is 3.45. The number of nitrogens with one attached hydrogen (secondary N) is 3. The molecule has 1 aliphatic heterocycles. The van der Waals surface area contributed by atoms with Crippen molar-refractivity contribution in [3.8, 4) is 0 Å². The van der Waals surface area contributed by atoms with E-state index in [2.05, 4.69) is 16.0 Å². The predicted molar refractivity (Wildman–Crippen MR) is 123 cm³/mol. The van der Waals surface area contributed by atoms with Crippen molar-refractivity contribution in [2.45, 2.75) is 33.2 Å². The monoisotopic (exact) mass is 459 g/mol. The maximum atomic E-state index is 14.2. The first-order valence-electron chi connectivity index (χ1n) is 11.0. The van der Waals surface area contributed by atoms with Gasteiger partial charge in [-0.3, -0.25) is 14.5 Å². The molecule has 0 saturated carbocycles. The lowest BCUT2D eigenvalue weighted by Crippen LogP contribution is -2.52. The topological polar surface area (TPSA) is 107 Å². The molecular formula is C23H30FN5O4. The first-order valence-corrected chi connectivity index (χ1v) is 11.0. The van der Waals surface area contributed by atoms with Gasteiger partial charge in [-0.15, -0.1) is 0 Å². The van der Waals surface area contributed by atoms with Crippen molar-refractivity contribution in [1.82, 2.24) is 15.1 Å². The Kier molecular flexibility index (Phi) is 8.05. The molecule has 1 unspecified atom stereocenters. The van der Waals surface area contributed by atoms with Crippen LogP contribution in [-0.2, 0) is 4.79 Å². The summed E-state index contributed by atoms with van der Waals surface area (Å²) in [5, 5.41) is 8.18. The Morgan fingerprint density at radius 2 is 1.85 bits per heavy atom. The molecule has 1 aromatic carbocycles. The van der Waals surface area contributed by atoms with E-state index >= 15 is 0 Å². The first kappa shape index (κ1) is 24.2. The molecule has 1 fully saturated rings. The molecule has 2 aromatic rings. The third-order valence-corrected chi connectivity index (χ3v) is 5.62. The van der Waals surface area contributed by atoms with Crippen LogP contribution in [0.4, 0.5) is 20.6 Å². The number of hydrogen-bond acceptors (Lipinski definition) is 5. The van der Waals surface area contributed by atoms with Gasteiger partial charge in [0.2, 0.25) is 5.91 Å². The highest BCUT2D eigenvalue weighted by Gasteiger charge is 2.23. The molecule has 1 atom stereocenters. The summed E-state index contributed by atoms with van der Waals surface area (Å²) in [7, 11) is 0. The average molecular weight is 460 g/mol. The average Bonchev–Trinajstić information content (AvgIpc) is 3.22. The number of halogens is 1. The van der Waals surface area contributed by atoms with Gasteiger partial charge in [-0.1, -0.05) is 6.92 Å². The summed E-state index contributed by atoms with van der Waals surface area (Å²) in [5.74, 6) is -0.716. The van der Waals surface area contributed by atoms with Crippen LogP contribution >= 0.6 is 0 Å². The van der Waals surface area contributed by atoms with E-state index in [9.17, 15) is 18.8 Å². The van der Waals surface area contributed by atoms with Gasteiger partial charge >= 0.3 is 6.03 Å². The lowest BCUT2D eigenvalue weighted by atomic mass is 10.2. The number of aryl methyl sites for hydroxylation is 1. The Morgan fingerprint density at radius 3 is 2.48 bits per heavy atom. The number of rotatable bonds is 7. The van der Waals surface area contributed by atoms with E-state index in [1.807, 2.05) is 18.7 Å². The predicted octanol–water partition coefficient (Wildman–Crippen LogP) is 3.04. The molecular weight excluding hydrogens is 429 g/mol. The Balaban J connectivity index is 1.52. The maximum absolute atomic E-state index is 14.2. The van der Waals surface area contributed by atoms with Gasteiger partial charge in [-0.05, 0) is 44.5 Å². The van der Waals surface area contributed by atoms with Crippen LogP contribution in [0, 0.1) is 12.7 Å². The standard InChI is InChI=1S/C23H30FN5O4/c1-4-15(2)25-21(30)14-28-8-10-29(11-9-28)23(32)26-17-5-6-19(24)20(13-17)27-22(31)18-7-12-33-16(18)3/h5-7,12-13,15H,4,8-11,14H2,1-3H3,(H,25,30)(H,26,32)(H,27,31). The molecule has 1 saturated heterocycles. The molecule has 0 bridgehead atoms. The van der Waals surface area contributed by atoms with Crippen LogP contribution in [0.1, 0.15) is 36.4 Å². The van der Waals surface area contributed by atoms with Crippen LogP contribution in [-0.4, -0.2) is 66.4 Å². The van der Waals surface area contributed by atoms with Crippen molar-refractivity contribution >= 4 is 29.2 Å². The second-order valence-corrected chi connectivity index (χ2v) is 8.11. The van der Waals surface area contributed by atoms with Crippen LogP contribution in [0.25, 0.3) is 0 Å². The van der Waals surface area contributed by atoms with Crippen LogP contribution in [0.15, 0.2) is 34.9 Å². The van der Waals surface area contributed by atoms with Gasteiger partial charge in [0.05, 0.1) is 24.1 Å². The van der Waals surface area contributed by atoms with Gasteiger partial charge in [-0.25, -0.2) is 9.18 Å². The minimum absolute atomic E-state index is 0.0197. The summed E-state index contributed by atoms with van der Waals surface area (Å²) < 4.78 is 19.3. The highest BCUT2D eigenvalue weighted by Crippen LogP contribution is 2.22. The Hall–Kier alpha value is -3.40. The van der Waals surface area contributed by atoms with E-state index in [-0.39, 0.29) is 23.7 Å². The van der Waals surface area contributed by atoms with E-state index in [0.717, 1.165) is 6.42 Å². The minimum atomic E-state index is -0.619. The molecule has 1 aliphatic rings. The number of carbonyl (C=O) groups is 3. The summed E-state index contributed by atoms with van der Waals surface area (Å²) in [6, 6.07) is 5.30. The maximum Gasteiger partial charge on any atom is 0.321 e. The minimum Gasteiger partial charge on any atom is -0.469 e. The van der Waals surface area contributed by atoms with Crippen molar-refractivity contribution in [2.75, 3.05) is 43.4 Å². The lowest BCUT2D eigenvalue weighted by molar-refractivity contribution is -0.123. The molecule has 3 rings (SSSR count). The van der Waals surface area contributed by atoms with E-state index in [1.54, 1.807) is 11.8 Å². The zero-order valence-corrected chi connectivity index (χ0v) is 19.1. The molecule has 4 amide bonds. The molecule has 2 heterocycles. The van der Waals surface area contributed by atoms with E-state index in [4.69, 9.17) is 4.42 Å². The van der Waals surface area contributed by atoms with Gasteiger partial charge in [0.1, 0.15) is 11.6 Å². The summed E-state index contributed by atoms with van der Waals surface area (Å²) in [6.45, 7) is 8.01. The largest absolute Gasteiger partial charge is 0.469 e. The SMILES string of the molecule is CCC(C)NC(=O)CN1CCN(C(=O)Nc2ccc(F)c(NC(=O)c3ccoc3C)c2)CC1. The Morgan fingerprint density at radius 1 is 1.12 bits per heavy atom. The highest BCUT2D eigenvalue weighted by molar-refractivity contribution is 6.05. The molecule has 1 aromatic heterocycles. The van der Waals surface area contributed by atoms with E-state index in [0.29, 0.717) is 49.7 Å². The molecule has 9 nitrogen and oxygen atoms in total.